The van der Waals surface area contributed by atoms with Crippen LogP contribution in [0.2, 0.25) is 0 Å². The van der Waals surface area contributed by atoms with E-state index in [0.29, 0.717) is 18.2 Å². The van der Waals surface area contributed by atoms with Gasteiger partial charge in [-0.15, -0.1) is 10.2 Å². The molecule has 0 spiro atoms. The molecule has 100 valence electrons. The van der Waals surface area contributed by atoms with Gasteiger partial charge in [-0.05, 0) is 24.1 Å². The fourth-order valence-electron chi connectivity index (χ4n) is 1.95. The van der Waals surface area contributed by atoms with Crippen molar-refractivity contribution in [3.05, 3.63) is 66.3 Å². The molecule has 0 fully saturated rings. The zero-order valence-electron chi connectivity index (χ0n) is 10.8. The summed E-state index contributed by atoms with van der Waals surface area (Å²) in [5, 5.41) is 8.03. The van der Waals surface area contributed by atoms with Gasteiger partial charge in [-0.3, -0.25) is 4.98 Å². The van der Waals surface area contributed by atoms with Gasteiger partial charge in [0.2, 0.25) is 11.8 Å². The van der Waals surface area contributed by atoms with Gasteiger partial charge in [-0.25, -0.2) is 0 Å². The highest BCUT2D eigenvalue weighted by atomic mass is 16.4. The summed E-state index contributed by atoms with van der Waals surface area (Å²) in [6.07, 6.45) is 4.04. The molecule has 2 heterocycles. The van der Waals surface area contributed by atoms with Crippen LogP contribution < -0.4 is 5.73 Å². The standard InChI is InChI=1S/C15H14N4O/c16-13(9-11-5-2-1-3-6-11)15-19-18-14(20-15)12-7-4-8-17-10-12/h1-8,10,13H,9,16H2. The molecule has 0 aliphatic heterocycles. The van der Waals surface area contributed by atoms with Gasteiger partial charge >= 0.3 is 0 Å². The molecule has 0 saturated heterocycles. The highest BCUT2D eigenvalue weighted by Gasteiger charge is 2.15. The molecule has 0 saturated carbocycles. The van der Waals surface area contributed by atoms with Crippen molar-refractivity contribution in [1.82, 2.24) is 15.2 Å². The average molecular weight is 266 g/mol. The molecular weight excluding hydrogens is 252 g/mol. The van der Waals surface area contributed by atoms with E-state index in [0.717, 1.165) is 11.1 Å². The zero-order valence-corrected chi connectivity index (χ0v) is 10.8. The Morgan fingerprint density at radius 3 is 2.65 bits per heavy atom. The van der Waals surface area contributed by atoms with Crippen LogP contribution in [0, 0.1) is 0 Å². The van der Waals surface area contributed by atoms with Crippen LogP contribution in [0.1, 0.15) is 17.5 Å². The lowest BCUT2D eigenvalue weighted by Crippen LogP contribution is -2.13. The van der Waals surface area contributed by atoms with E-state index in [2.05, 4.69) is 15.2 Å². The van der Waals surface area contributed by atoms with Gasteiger partial charge in [-0.2, -0.15) is 0 Å². The van der Waals surface area contributed by atoms with Crippen LogP contribution in [-0.4, -0.2) is 15.2 Å². The molecule has 2 aromatic heterocycles. The summed E-state index contributed by atoms with van der Waals surface area (Å²) in [5.41, 5.74) is 8.04. The average Bonchev–Trinajstić information content (AvgIpc) is 2.99. The van der Waals surface area contributed by atoms with Gasteiger partial charge in [0.1, 0.15) is 0 Å². The third-order valence-electron chi connectivity index (χ3n) is 2.96. The number of pyridine rings is 1. The van der Waals surface area contributed by atoms with E-state index in [9.17, 15) is 0 Å². The predicted octanol–water partition coefficient (Wildman–Crippen LogP) is 2.37. The lowest BCUT2D eigenvalue weighted by Gasteiger charge is -2.06. The molecule has 0 radical (unpaired) electrons. The summed E-state index contributed by atoms with van der Waals surface area (Å²) in [6.45, 7) is 0. The fourth-order valence-corrected chi connectivity index (χ4v) is 1.95. The van der Waals surface area contributed by atoms with Gasteiger partial charge in [0.05, 0.1) is 11.6 Å². The maximum absolute atomic E-state index is 6.11. The maximum Gasteiger partial charge on any atom is 0.249 e. The van der Waals surface area contributed by atoms with Crippen molar-refractivity contribution in [3.8, 4) is 11.5 Å². The molecule has 3 aromatic rings. The summed E-state index contributed by atoms with van der Waals surface area (Å²) in [5.74, 6) is 0.879. The second-order valence-electron chi connectivity index (χ2n) is 4.48. The quantitative estimate of drug-likeness (QED) is 0.784. The zero-order chi connectivity index (χ0) is 13.8. The van der Waals surface area contributed by atoms with Crippen LogP contribution in [0.15, 0.2) is 59.3 Å². The first-order chi connectivity index (χ1) is 9.83. The Balaban J connectivity index is 1.77. The van der Waals surface area contributed by atoms with Crippen molar-refractivity contribution < 1.29 is 4.42 Å². The third kappa shape index (κ3) is 2.73. The number of rotatable bonds is 4. The van der Waals surface area contributed by atoms with Gasteiger partial charge in [0, 0.05) is 12.4 Å². The molecule has 0 aliphatic rings. The van der Waals surface area contributed by atoms with Gasteiger partial charge in [0.15, 0.2) is 0 Å². The number of nitrogens with two attached hydrogens (primary N) is 1. The normalized spacial score (nSPS) is 12.2. The SMILES string of the molecule is NC(Cc1ccccc1)c1nnc(-c2cccnc2)o1. The van der Waals surface area contributed by atoms with Crippen molar-refractivity contribution in [1.29, 1.82) is 0 Å². The summed E-state index contributed by atoms with van der Waals surface area (Å²) in [7, 11) is 0. The molecule has 3 rings (SSSR count). The predicted molar refractivity (Wildman–Crippen MR) is 74.6 cm³/mol. The first kappa shape index (κ1) is 12.5. The third-order valence-corrected chi connectivity index (χ3v) is 2.96. The smallest absolute Gasteiger partial charge is 0.249 e. The number of hydrogen-bond acceptors (Lipinski definition) is 5. The van der Waals surface area contributed by atoms with E-state index >= 15 is 0 Å². The summed E-state index contributed by atoms with van der Waals surface area (Å²) in [4.78, 5) is 4.02. The van der Waals surface area contributed by atoms with Crippen LogP contribution in [0.3, 0.4) is 0 Å². The number of aromatic nitrogens is 3. The van der Waals surface area contributed by atoms with Crippen LogP contribution in [0.25, 0.3) is 11.5 Å². The number of nitrogens with zero attached hydrogens (tertiary/aromatic N) is 3. The Bertz CT molecular complexity index is 667. The Labute approximate surface area is 116 Å². The monoisotopic (exact) mass is 266 g/mol. The second-order valence-corrected chi connectivity index (χ2v) is 4.48. The minimum atomic E-state index is -0.310. The lowest BCUT2D eigenvalue weighted by molar-refractivity contribution is 0.457. The molecule has 1 aromatic carbocycles. The minimum absolute atomic E-state index is 0.310. The topological polar surface area (TPSA) is 77.8 Å². The van der Waals surface area contributed by atoms with Crippen molar-refractivity contribution >= 4 is 0 Å². The van der Waals surface area contributed by atoms with Crippen molar-refractivity contribution in [2.75, 3.05) is 0 Å². The van der Waals surface area contributed by atoms with E-state index in [4.69, 9.17) is 10.2 Å². The maximum atomic E-state index is 6.11. The Hall–Kier alpha value is -2.53. The molecular formula is C15H14N4O. The van der Waals surface area contributed by atoms with Crippen LogP contribution in [0.5, 0.6) is 0 Å². The first-order valence-electron chi connectivity index (χ1n) is 6.36. The molecule has 0 aliphatic carbocycles. The number of hydrogen-bond donors (Lipinski definition) is 1. The fraction of sp³-hybridized carbons (Fsp3) is 0.133. The van der Waals surface area contributed by atoms with Gasteiger partial charge in [-0.1, -0.05) is 30.3 Å². The largest absolute Gasteiger partial charge is 0.419 e. The van der Waals surface area contributed by atoms with Crippen molar-refractivity contribution in [2.45, 2.75) is 12.5 Å². The van der Waals surface area contributed by atoms with E-state index in [-0.39, 0.29) is 6.04 Å². The first-order valence-corrected chi connectivity index (χ1v) is 6.36. The Morgan fingerprint density at radius 1 is 1.05 bits per heavy atom. The Kier molecular flexibility index (Phi) is 3.52. The highest BCUT2D eigenvalue weighted by Crippen LogP contribution is 2.20. The van der Waals surface area contributed by atoms with E-state index < -0.39 is 0 Å². The molecule has 5 nitrogen and oxygen atoms in total. The van der Waals surface area contributed by atoms with E-state index in [1.807, 2.05) is 42.5 Å². The summed E-state index contributed by atoms with van der Waals surface area (Å²) >= 11 is 0. The Morgan fingerprint density at radius 2 is 1.90 bits per heavy atom. The lowest BCUT2D eigenvalue weighted by atomic mass is 10.1. The van der Waals surface area contributed by atoms with Crippen molar-refractivity contribution in [2.24, 2.45) is 5.73 Å². The number of benzene rings is 1. The van der Waals surface area contributed by atoms with Crippen LogP contribution in [0.4, 0.5) is 0 Å². The van der Waals surface area contributed by atoms with E-state index in [1.165, 1.54) is 0 Å². The summed E-state index contributed by atoms with van der Waals surface area (Å²) in [6, 6.07) is 13.4. The van der Waals surface area contributed by atoms with E-state index in [1.54, 1.807) is 12.4 Å². The molecule has 1 atom stereocenters. The minimum Gasteiger partial charge on any atom is -0.419 e. The van der Waals surface area contributed by atoms with Crippen LogP contribution >= 0.6 is 0 Å². The molecule has 0 amide bonds. The van der Waals surface area contributed by atoms with Gasteiger partial charge < -0.3 is 10.2 Å². The molecule has 2 N–H and O–H groups in total. The van der Waals surface area contributed by atoms with Crippen LogP contribution in [-0.2, 0) is 6.42 Å². The van der Waals surface area contributed by atoms with Crippen molar-refractivity contribution in [3.63, 3.8) is 0 Å². The molecule has 1 unspecified atom stereocenters. The van der Waals surface area contributed by atoms with Gasteiger partial charge in [0.25, 0.3) is 0 Å². The summed E-state index contributed by atoms with van der Waals surface area (Å²) < 4.78 is 5.62. The molecule has 20 heavy (non-hydrogen) atoms. The second kappa shape index (κ2) is 5.63. The molecule has 5 heteroatoms. The highest BCUT2D eigenvalue weighted by molar-refractivity contribution is 5.49. The molecule has 0 bridgehead atoms.